The van der Waals surface area contributed by atoms with Crippen molar-refractivity contribution in [2.75, 3.05) is 11.9 Å². The number of benzene rings is 2. The zero-order valence-electron chi connectivity index (χ0n) is 13.6. The lowest BCUT2D eigenvalue weighted by Gasteiger charge is -2.08. The van der Waals surface area contributed by atoms with E-state index < -0.39 is 11.8 Å². The number of anilines is 1. The molecule has 5 nitrogen and oxygen atoms in total. The molecule has 0 aliphatic heterocycles. The molecule has 0 aromatic heterocycles. The van der Waals surface area contributed by atoms with Crippen LogP contribution in [-0.2, 0) is 4.79 Å². The summed E-state index contributed by atoms with van der Waals surface area (Å²) in [7, 11) is 0. The van der Waals surface area contributed by atoms with Crippen LogP contribution in [0.25, 0.3) is 0 Å². The van der Waals surface area contributed by atoms with Gasteiger partial charge < -0.3 is 15.2 Å². The molecule has 0 saturated carbocycles. The van der Waals surface area contributed by atoms with Crippen molar-refractivity contribution in [1.82, 2.24) is 0 Å². The maximum atomic E-state index is 12.3. The normalized spacial score (nSPS) is 11.0. The maximum absolute atomic E-state index is 12.3. The van der Waals surface area contributed by atoms with E-state index in [1.54, 1.807) is 36.4 Å². The Bertz CT molecular complexity index is 763. The topological polar surface area (TPSA) is 75.6 Å². The van der Waals surface area contributed by atoms with E-state index in [4.69, 9.17) is 4.74 Å². The van der Waals surface area contributed by atoms with E-state index in [0.29, 0.717) is 23.6 Å². The standard InChI is InChI=1S/C19H19NO4/c1-3-24-16-9-7-14(8-10-16)18(21)12-17(19(22)23)20-15-6-4-5-13(2)11-15/h4-12,20H,3H2,1-2H3,(H,22,23). The highest BCUT2D eigenvalue weighted by Crippen LogP contribution is 2.15. The third kappa shape index (κ3) is 4.71. The van der Waals surface area contributed by atoms with Crippen LogP contribution in [0.5, 0.6) is 5.75 Å². The Morgan fingerprint density at radius 3 is 2.46 bits per heavy atom. The van der Waals surface area contributed by atoms with E-state index in [1.807, 2.05) is 26.0 Å². The minimum Gasteiger partial charge on any atom is -0.494 e. The van der Waals surface area contributed by atoms with Gasteiger partial charge in [-0.2, -0.15) is 0 Å². The molecule has 0 unspecified atom stereocenters. The van der Waals surface area contributed by atoms with E-state index in [-0.39, 0.29) is 5.70 Å². The van der Waals surface area contributed by atoms with Crippen LogP contribution >= 0.6 is 0 Å². The van der Waals surface area contributed by atoms with Gasteiger partial charge in [0.15, 0.2) is 5.78 Å². The fourth-order valence-electron chi connectivity index (χ4n) is 2.13. The molecule has 0 aliphatic rings. The van der Waals surface area contributed by atoms with Gasteiger partial charge >= 0.3 is 5.97 Å². The molecule has 0 aliphatic carbocycles. The fourth-order valence-corrected chi connectivity index (χ4v) is 2.13. The molecule has 0 bridgehead atoms. The van der Waals surface area contributed by atoms with Crippen LogP contribution in [0.3, 0.4) is 0 Å². The average molecular weight is 325 g/mol. The molecule has 2 aromatic rings. The Kier molecular flexibility index (Phi) is 5.73. The molecule has 2 rings (SSSR count). The molecular weight excluding hydrogens is 306 g/mol. The fraction of sp³-hybridized carbons (Fsp3) is 0.158. The number of nitrogens with one attached hydrogen (secondary N) is 1. The van der Waals surface area contributed by atoms with Crippen LogP contribution in [0.1, 0.15) is 22.8 Å². The van der Waals surface area contributed by atoms with Crippen molar-refractivity contribution in [2.24, 2.45) is 0 Å². The number of rotatable bonds is 7. The maximum Gasteiger partial charge on any atom is 0.352 e. The molecule has 0 heterocycles. The first-order valence-electron chi connectivity index (χ1n) is 7.55. The SMILES string of the molecule is CCOc1ccc(C(=O)C=C(Nc2cccc(C)c2)C(=O)O)cc1. The van der Waals surface area contributed by atoms with Crippen LogP contribution < -0.4 is 10.1 Å². The summed E-state index contributed by atoms with van der Waals surface area (Å²) in [6.07, 6.45) is 1.08. The summed E-state index contributed by atoms with van der Waals surface area (Å²) in [6.45, 7) is 4.31. The minimum atomic E-state index is -1.20. The third-order valence-electron chi connectivity index (χ3n) is 3.25. The minimum absolute atomic E-state index is 0.181. The Labute approximate surface area is 140 Å². The summed E-state index contributed by atoms with van der Waals surface area (Å²) in [5, 5.41) is 12.1. The lowest BCUT2D eigenvalue weighted by atomic mass is 10.1. The number of ether oxygens (including phenoxy) is 1. The van der Waals surface area contributed by atoms with Gasteiger partial charge in [0.05, 0.1) is 6.61 Å². The van der Waals surface area contributed by atoms with Gasteiger partial charge in [-0.25, -0.2) is 4.79 Å². The lowest BCUT2D eigenvalue weighted by molar-refractivity contribution is -0.132. The molecule has 0 radical (unpaired) electrons. The Morgan fingerprint density at radius 1 is 1.17 bits per heavy atom. The number of carboxylic acid groups (broad SMARTS) is 1. The van der Waals surface area contributed by atoms with Crippen molar-refractivity contribution in [3.05, 3.63) is 71.4 Å². The number of carboxylic acids is 1. The van der Waals surface area contributed by atoms with Crippen molar-refractivity contribution in [1.29, 1.82) is 0 Å². The number of hydrogen-bond donors (Lipinski definition) is 2. The lowest BCUT2D eigenvalue weighted by Crippen LogP contribution is -2.13. The second-order valence-corrected chi connectivity index (χ2v) is 5.18. The first-order chi connectivity index (χ1) is 11.5. The molecule has 0 amide bonds. The number of ketones is 1. The molecule has 24 heavy (non-hydrogen) atoms. The second-order valence-electron chi connectivity index (χ2n) is 5.18. The molecule has 0 saturated heterocycles. The summed E-state index contributed by atoms with van der Waals surface area (Å²) in [5.74, 6) is -0.930. The summed E-state index contributed by atoms with van der Waals surface area (Å²) < 4.78 is 5.32. The number of hydrogen-bond acceptors (Lipinski definition) is 4. The second kappa shape index (κ2) is 7.97. The Hall–Kier alpha value is -3.08. The van der Waals surface area contributed by atoms with Gasteiger partial charge in [0.25, 0.3) is 0 Å². The third-order valence-corrected chi connectivity index (χ3v) is 3.25. The Balaban J connectivity index is 2.20. The zero-order chi connectivity index (χ0) is 17.5. The first-order valence-corrected chi connectivity index (χ1v) is 7.55. The summed E-state index contributed by atoms with van der Waals surface area (Å²) in [5.41, 5.74) is 1.81. The zero-order valence-corrected chi connectivity index (χ0v) is 13.6. The van der Waals surface area contributed by atoms with Crippen molar-refractivity contribution >= 4 is 17.4 Å². The molecule has 0 atom stereocenters. The monoisotopic (exact) mass is 325 g/mol. The van der Waals surface area contributed by atoms with Gasteiger partial charge in [-0.05, 0) is 55.8 Å². The number of carbonyl (C=O) groups is 2. The molecule has 0 spiro atoms. The average Bonchev–Trinajstić information content (AvgIpc) is 2.55. The van der Waals surface area contributed by atoms with Crippen molar-refractivity contribution < 1.29 is 19.4 Å². The first kappa shape index (κ1) is 17.3. The summed E-state index contributed by atoms with van der Waals surface area (Å²) in [6, 6.07) is 13.8. The van der Waals surface area contributed by atoms with Gasteiger partial charge in [-0.3, -0.25) is 4.79 Å². The van der Waals surface area contributed by atoms with Gasteiger partial charge in [0.2, 0.25) is 0 Å². The van der Waals surface area contributed by atoms with E-state index >= 15 is 0 Å². The molecular formula is C19H19NO4. The van der Waals surface area contributed by atoms with Crippen LogP contribution in [0.4, 0.5) is 5.69 Å². The molecule has 0 fully saturated rings. The van der Waals surface area contributed by atoms with E-state index in [0.717, 1.165) is 11.6 Å². The highest BCUT2D eigenvalue weighted by molar-refractivity contribution is 6.09. The van der Waals surface area contributed by atoms with Crippen LogP contribution in [0, 0.1) is 6.92 Å². The predicted octanol–water partition coefficient (Wildman–Crippen LogP) is 3.66. The largest absolute Gasteiger partial charge is 0.494 e. The van der Waals surface area contributed by atoms with Gasteiger partial charge in [-0.1, -0.05) is 12.1 Å². The van der Waals surface area contributed by atoms with Crippen LogP contribution in [-0.4, -0.2) is 23.5 Å². The van der Waals surface area contributed by atoms with Crippen molar-refractivity contribution in [2.45, 2.75) is 13.8 Å². The van der Waals surface area contributed by atoms with E-state index in [1.165, 1.54) is 0 Å². The highest BCUT2D eigenvalue weighted by Gasteiger charge is 2.12. The smallest absolute Gasteiger partial charge is 0.352 e. The predicted molar refractivity (Wildman–Crippen MR) is 92.5 cm³/mol. The van der Waals surface area contributed by atoms with Gasteiger partial charge in [0.1, 0.15) is 11.4 Å². The molecule has 2 N–H and O–H groups in total. The summed E-state index contributed by atoms with van der Waals surface area (Å²) in [4.78, 5) is 23.7. The Morgan fingerprint density at radius 2 is 1.88 bits per heavy atom. The molecule has 5 heteroatoms. The molecule has 124 valence electrons. The van der Waals surface area contributed by atoms with Crippen molar-refractivity contribution in [3.8, 4) is 5.75 Å². The van der Waals surface area contributed by atoms with E-state index in [2.05, 4.69) is 5.32 Å². The molecule has 2 aromatic carbocycles. The van der Waals surface area contributed by atoms with Gasteiger partial charge in [-0.15, -0.1) is 0 Å². The van der Waals surface area contributed by atoms with Crippen LogP contribution in [0.2, 0.25) is 0 Å². The van der Waals surface area contributed by atoms with Gasteiger partial charge in [0, 0.05) is 17.3 Å². The quantitative estimate of drug-likeness (QED) is 0.600. The van der Waals surface area contributed by atoms with E-state index in [9.17, 15) is 14.7 Å². The van der Waals surface area contributed by atoms with Crippen LogP contribution in [0.15, 0.2) is 60.3 Å². The highest BCUT2D eigenvalue weighted by atomic mass is 16.5. The number of carbonyl (C=O) groups excluding carboxylic acids is 1. The number of aliphatic carboxylic acids is 1. The number of aryl methyl sites for hydroxylation is 1. The summed E-state index contributed by atoms with van der Waals surface area (Å²) >= 11 is 0. The number of allylic oxidation sites excluding steroid dienone is 1. The van der Waals surface area contributed by atoms with Crippen molar-refractivity contribution in [3.63, 3.8) is 0 Å².